The molecular formula is C27H33NO5. The molecule has 3 aromatic carbocycles. The molecular weight excluding hydrogens is 418 g/mol. The van der Waals surface area contributed by atoms with E-state index in [-0.39, 0.29) is 6.61 Å². The molecule has 176 valence electrons. The summed E-state index contributed by atoms with van der Waals surface area (Å²) in [6.07, 6.45) is 0.254. The lowest BCUT2D eigenvalue weighted by molar-refractivity contribution is 0.0766. The molecule has 0 aromatic heterocycles. The molecule has 33 heavy (non-hydrogen) atoms. The predicted octanol–water partition coefficient (Wildman–Crippen LogP) is 4.20. The fourth-order valence-electron chi connectivity index (χ4n) is 3.43. The van der Waals surface area contributed by atoms with Crippen LogP contribution in [0.3, 0.4) is 0 Å². The van der Waals surface area contributed by atoms with E-state index in [1.807, 2.05) is 79.8 Å². The molecule has 3 aromatic rings. The normalized spacial score (nSPS) is 11.8. The molecule has 6 heteroatoms. The third kappa shape index (κ3) is 8.00. The highest BCUT2D eigenvalue weighted by atomic mass is 16.5. The first-order valence-corrected chi connectivity index (χ1v) is 11.0. The van der Waals surface area contributed by atoms with Crippen LogP contribution in [0.4, 0.5) is 0 Å². The van der Waals surface area contributed by atoms with Crippen LogP contribution in [-0.2, 0) is 13.0 Å². The SMILES string of the molecule is COc1ccc(CCN(C)CC(O)COc2ccc(OCc3ccccc3)cc2)cc1OC. The number of benzene rings is 3. The van der Waals surface area contributed by atoms with Crippen LogP contribution in [0.25, 0.3) is 0 Å². The Kier molecular flexibility index (Phi) is 9.42. The van der Waals surface area contributed by atoms with Crippen LogP contribution < -0.4 is 18.9 Å². The maximum atomic E-state index is 10.4. The lowest BCUT2D eigenvalue weighted by atomic mass is 10.1. The summed E-state index contributed by atoms with van der Waals surface area (Å²) in [5.41, 5.74) is 2.27. The summed E-state index contributed by atoms with van der Waals surface area (Å²) in [6, 6.07) is 23.4. The van der Waals surface area contributed by atoms with E-state index in [9.17, 15) is 5.11 Å². The summed E-state index contributed by atoms with van der Waals surface area (Å²) < 4.78 is 22.2. The van der Waals surface area contributed by atoms with E-state index < -0.39 is 6.10 Å². The Bertz CT molecular complexity index is 962. The minimum Gasteiger partial charge on any atom is -0.493 e. The molecule has 0 spiro atoms. The van der Waals surface area contributed by atoms with Crippen LogP contribution in [0.2, 0.25) is 0 Å². The minimum absolute atomic E-state index is 0.227. The van der Waals surface area contributed by atoms with Crippen molar-refractivity contribution in [2.75, 3.05) is 41.0 Å². The van der Waals surface area contributed by atoms with Gasteiger partial charge in [0.15, 0.2) is 11.5 Å². The van der Waals surface area contributed by atoms with Crippen molar-refractivity contribution in [2.45, 2.75) is 19.1 Å². The second-order valence-electron chi connectivity index (χ2n) is 7.91. The number of methoxy groups -OCH3 is 2. The average molecular weight is 452 g/mol. The molecule has 0 aliphatic carbocycles. The minimum atomic E-state index is -0.589. The third-order valence-corrected chi connectivity index (χ3v) is 5.27. The monoisotopic (exact) mass is 451 g/mol. The fraction of sp³-hybridized carbons (Fsp3) is 0.333. The first-order chi connectivity index (χ1) is 16.1. The number of rotatable bonds is 13. The molecule has 1 unspecified atom stereocenters. The van der Waals surface area contributed by atoms with Gasteiger partial charge in [0.2, 0.25) is 0 Å². The number of aliphatic hydroxyl groups excluding tert-OH is 1. The van der Waals surface area contributed by atoms with Gasteiger partial charge in [-0.15, -0.1) is 0 Å². The molecule has 6 nitrogen and oxygen atoms in total. The van der Waals surface area contributed by atoms with E-state index in [0.717, 1.165) is 41.3 Å². The molecule has 0 radical (unpaired) electrons. The van der Waals surface area contributed by atoms with Gasteiger partial charge in [-0.1, -0.05) is 36.4 Å². The largest absolute Gasteiger partial charge is 0.493 e. The van der Waals surface area contributed by atoms with Crippen molar-refractivity contribution in [1.29, 1.82) is 0 Å². The Morgan fingerprint density at radius 2 is 1.45 bits per heavy atom. The van der Waals surface area contributed by atoms with E-state index in [2.05, 4.69) is 4.90 Å². The summed E-state index contributed by atoms with van der Waals surface area (Å²) in [6.45, 7) is 2.08. The van der Waals surface area contributed by atoms with E-state index in [0.29, 0.717) is 18.9 Å². The summed E-state index contributed by atoms with van der Waals surface area (Å²) in [5.74, 6) is 2.93. The smallest absolute Gasteiger partial charge is 0.160 e. The number of ether oxygens (including phenoxy) is 4. The van der Waals surface area contributed by atoms with Gasteiger partial charge < -0.3 is 29.0 Å². The number of likely N-dealkylation sites (N-methyl/N-ethyl adjacent to an activating group) is 1. The lowest BCUT2D eigenvalue weighted by Gasteiger charge is -2.21. The Labute approximate surface area is 196 Å². The molecule has 0 aliphatic rings. The van der Waals surface area contributed by atoms with Crippen molar-refractivity contribution >= 4 is 0 Å². The van der Waals surface area contributed by atoms with E-state index in [4.69, 9.17) is 18.9 Å². The number of aliphatic hydroxyl groups is 1. The van der Waals surface area contributed by atoms with Crippen molar-refractivity contribution in [3.8, 4) is 23.0 Å². The van der Waals surface area contributed by atoms with Crippen molar-refractivity contribution in [2.24, 2.45) is 0 Å². The van der Waals surface area contributed by atoms with E-state index in [1.165, 1.54) is 0 Å². The number of hydrogen-bond donors (Lipinski definition) is 1. The summed E-state index contributed by atoms with van der Waals surface area (Å²) >= 11 is 0. The van der Waals surface area contributed by atoms with Crippen LogP contribution >= 0.6 is 0 Å². The van der Waals surface area contributed by atoms with Crippen LogP contribution in [0, 0.1) is 0 Å². The Morgan fingerprint density at radius 3 is 2.12 bits per heavy atom. The zero-order chi connectivity index (χ0) is 23.5. The van der Waals surface area contributed by atoms with Gasteiger partial charge in [-0.2, -0.15) is 0 Å². The molecule has 0 amide bonds. The zero-order valence-electron chi connectivity index (χ0n) is 19.6. The molecule has 0 saturated heterocycles. The molecule has 1 atom stereocenters. The molecule has 0 bridgehead atoms. The summed E-state index contributed by atoms with van der Waals surface area (Å²) in [5, 5.41) is 10.4. The maximum absolute atomic E-state index is 10.4. The van der Waals surface area contributed by atoms with Crippen molar-refractivity contribution in [1.82, 2.24) is 4.90 Å². The first-order valence-electron chi connectivity index (χ1n) is 11.0. The van der Waals surface area contributed by atoms with E-state index >= 15 is 0 Å². The van der Waals surface area contributed by atoms with Crippen LogP contribution in [0.5, 0.6) is 23.0 Å². The molecule has 0 fully saturated rings. The van der Waals surface area contributed by atoms with Crippen LogP contribution in [-0.4, -0.2) is 57.1 Å². The Morgan fingerprint density at radius 1 is 0.788 bits per heavy atom. The predicted molar refractivity (Wildman–Crippen MR) is 129 cm³/mol. The van der Waals surface area contributed by atoms with E-state index in [1.54, 1.807) is 14.2 Å². The van der Waals surface area contributed by atoms with Gasteiger partial charge in [0, 0.05) is 13.1 Å². The Balaban J connectivity index is 1.37. The number of nitrogens with zero attached hydrogens (tertiary/aromatic N) is 1. The zero-order valence-corrected chi connectivity index (χ0v) is 19.6. The maximum Gasteiger partial charge on any atom is 0.160 e. The van der Waals surface area contributed by atoms with Gasteiger partial charge in [-0.05, 0) is 61.0 Å². The van der Waals surface area contributed by atoms with Crippen LogP contribution in [0.15, 0.2) is 72.8 Å². The van der Waals surface area contributed by atoms with Crippen molar-refractivity contribution < 1.29 is 24.1 Å². The number of hydrogen-bond acceptors (Lipinski definition) is 6. The summed E-state index contributed by atoms with van der Waals surface area (Å²) in [4.78, 5) is 2.09. The lowest BCUT2D eigenvalue weighted by Crippen LogP contribution is -2.34. The highest BCUT2D eigenvalue weighted by Gasteiger charge is 2.11. The quantitative estimate of drug-likeness (QED) is 0.420. The van der Waals surface area contributed by atoms with Crippen molar-refractivity contribution in [3.63, 3.8) is 0 Å². The molecule has 0 heterocycles. The van der Waals surface area contributed by atoms with Crippen molar-refractivity contribution in [3.05, 3.63) is 83.9 Å². The van der Waals surface area contributed by atoms with Gasteiger partial charge in [-0.3, -0.25) is 0 Å². The third-order valence-electron chi connectivity index (χ3n) is 5.27. The first kappa shape index (κ1) is 24.4. The highest BCUT2D eigenvalue weighted by molar-refractivity contribution is 5.43. The standard InChI is InChI=1S/C27H33NO5/c1-28(16-15-21-9-14-26(30-2)27(17-21)31-3)18-23(29)20-33-25-12-10-24(11-13-25)32-19-22-7-5-4-6-8-22/h4-14,17,23,29H,15-16,18-20H2,1-3H3. The van der Waals surface area contributed by atoms with Crippen LogP contribution in [0.1, 0.15) is 11.1 Å². The van der Waals surface area contributed by atoms with Gasteiger partial charge in [0.1, 0.15) is 30.8 Å². The van der Waals surface area contributed by atoms with Gasteiger partial charge in [-0.25, -0.2) is 0 Å². The average Bonchev–Trinajstić information content (AvgIpc) is 2.86. The van der Waals surface area contributed by atoms with Gasteiger partial charge >= 0.3 is 0 Å². The van der Waals surface area contributed by atoms with Gasteiger partial charge in [0.05, 0.1) is 14.2 Å². The molecule has 0 aliphatic heterocycles. The topological polar surface area (TPSA) is 60.4 Å². The summed E-state index contributed by atoms with van der Waals surface area (Å²) in [7, 11) is 5.25. The van der Waals surface area contributed by atoms with Gasteiger partial charge in [0.25, 0.3) is 0 Å². The Hall–Kier alpha value is -3.22. The fourth-order valence-corrected chi connectivity index (χ4v) is 3.43. The molecule has 3 rings (SSSR count). The second kappa shape index (κ2) is 12.7. The second-order valence-corrected chi connectivity index (χ2v) is 7.91. The molecule has 0 saturated carbocycles. The highest BCUT2D eigenvalue weighted by Crippen LogP contribution is 2.27. The molecule has 1 N–H and O–H groups in total.